The quantitative estimate of drug-likeness (QED) is 0.0845. The van der Waals surface area contributed by atoms with Gasteiger partial charge in [-0.1, -0.05) is 22.0 Å². The van der Waals surface area contributed by atoms with E-state index in [0.717, 1.165) is 39.5 Å². The molecule has 9 atom stereocenters. The molecule has 2 aliphatic rings. The predicted molar refractivity (Wildman–Crippen MR) is 127 cm³/mol. The van der Waals surface area contributed by atoms with Crippen molar-refractivity contribution in [2.24, 2.45) is 10.2 Å². The third kappa shape index (κ3) is 9.14. The predicted octanol–water partition coefficient (Wildman–Crippen LogP) is 0.852. The molecule has 2 unspecified atom stereocenters. The number of ether oxygens (including phenoxy) is 7. The van der Waals surface area contributed by atoms with Gasteiger partial charge in [0, 0.05) is 37.5 Å². The van der Waals surface area contributed by atoms with Crippen LogP contribution in [0.15, 0.2) is 10.2 Å². The minimum Gasteiger partial charge on any atom is -0.463 e. The Bertz CT molecular complexity index is 1010. The van der Waals surface area contributed by atoms with Gasteiger partial charge in [-0.25, -0.2) is 0 Å². The summed E-state index contributed by atoms with van der Waals surface area (Å²) in [6.07, 6.45) is -9.11. The van der Waals surface area contributed by atoms with Crippen LogP contribution in [0.1, 0.15) is 27.7 Å². The van der Waals surface area contributed by atoms with E-state index in [2.05, 4.69) is 20.1 Å². The van der Waals surface area contributed by atoms with E-state index >= 15 is 0 Å². The van der Waals surface area contributed by atoms with E-state index in [4.69, 9.17) is 38.7 Å². The molecular weight excluding hydrogens is 548 g/mol. The summed E-state index contributed by atoms with van der Waals surface area (Å²) in [6.45, 7) is 3.68. The minimum absolute atomic E-state index is 0.356. The van der Waals surface area contributed by atoms with Crippen molar-refractivity contribution in [1.29, 1.82) is 0 Å². The summed E-state index contributed by atoms with van der Waals surface area (Å²) in [4.78, 5) is 52.5. The summed E-state index contributed by atoms with van der Waals surface area (Å²) in [5.41, 5.74) is 17.1. The van der Waals surface area contributed by atoms with Crippen molar-refractivity contribution in [3.63, 3.8) is 0 Å². The van der Waals surface area contributed by atoms with Gasteiger partial charge >= 0.3 is 23.9 Å². The summed E-state index contributed by atoms with van der Waals surface area (Å²) in [5, 5.41) is 16.5. The highest BCUT2D eigenvalue weighted by atomic mass is 32.2. The number of aliphatic hydroxyl groups is 1. The molecule has 0 aromatic heterocycles. The number of carbonyl (C=O) groups excluding carboxylic acids is 4. The first-order valence-corrected chi connectivity index (χ1v) is 12.5. The average molecular weight is 577 g/mol. The normalized spacial score (nSPS) is 31.7. The standard InChI is InChI=1S/C20H28N6O12S/c1-8(28)32-6-13-16(18(35-11(4)31)20(37-13)39-7-27)38-19-14(24-26-22)17(34-10(3)30)15(33-9(2)29)12(36-19)5-23-25-21/h12-20,27H,5-7H2,1-4H3/t12-,13+,14?,15+,16+,17+,18+,19+,20?/m0/s1. The molecule has 2 rings (SSSR count). The summed E-state index contributed by atoms with van der Waals surface area (Å²) < 4.78 is 38.8. The molecule has 216 valence electrons. The smallest absolute Gasteiger partial charge is 0.303 e. The van der Waals surface area contributed by atoms with E-state index < -0.39 is 90.8 Å². The Hall–Kier alpha value is -3.31. The zero-order valence-corrected chi connectivity index (χ0v) is 22.2. The number of aliphatic hydroxyl groups excluding tert-OH is 1. The number of hydrogen-bond donors (Lipinski definition) is 1. The summed E-state index contributed by atoms with van der Waals surface area (Å²) in [6, 6.07) is -1.47. The van der Waals surface area contributed by atoms with Crippen molar-refractivity contribution < 1.29 is 57.4 Å². The van der Waals surface area contributed by atoms with Gasteiger partial charge in [0.2, 0.25) is 0 Å². The number of rotatable bonds is 12. The molecule has 2 saturated heterocycles. The topological polar surface area (TPSA) is 251 Å². The maximum absolute atomic E-state index is 11.9. The molecule has 2 fully saturated rings. The second kappa shape index (κ2) is 15.3. The molecule has 1 N–H and O–H groups in total. The van der Waals surface area contributed by atoms with Crippen LogP contribution in [0.25, 0.3) is 20.9 Å². The first kappa shape index (κ1) is 31.9. The van der Waals surface area contributed by atoms with Crippen LogP contribution in [-0.2, 0) is 52.3 Å². The van der Waals surface area contributed by atoms with Crippen molar-refractivity contribution in [2.75, 3.05) is 19.1 Å². The fraction of sp³-hybridized carbons (Fsp3) is 0.800. The van der Waals surface area contributed by atoms with Crippen molar-refractivity contribution in [3.8, 4) is 0 Å². The second-order valence-electron chi connectivity index (χ2n) is 8.12. The SMILES string of the molecule is CC(=O)OC[C@H]1OC(SCO)[C@H](OC(C)=O)[C@@H]1O[C@H]1O[C@@H](CN=[N+]=[N-])[C@@H](OC(C)=O)[C@H](OC(C)=O)C1N=[N+]=[N-]. The number of carbonyl (C=O) groups is 4. The molecule has 0 aromatic rings. The number of esters is 4. The van der Waals surface area contributed by atoms with Crippen LogP contribution in [0.3, 0.4) is 0 Å². The van der Waals surface area contributed by atoms with Crippen LogP contribution >= 0.6 is 11.8 Å². The third-order valence-electron chi connectivity index (χ3n) is 5.28. The highest BCUT2D eigenvalue weighted by Crippen LogP contribution is 2.37. The van der Waals surface area contributed by atoms with Crippen LogP contribution in [0, 0.1) is 0 Å². The minimum atomic E-state index is -1.57. The lowest BCUT2D eigenvalue weighted by atomic mass is 9.96. The van der Waals surface area contributed by atoms with E-state index in [1.807, 2.05) is 0 Å². The van der Waals surface area contributed by atoms with Crippen LogP contribution in [0.4, 0.5) is 0 Å². The Morgan fingerprint density at radius 2 is 1.46 bits per heavy atom. The highest BCUT2D eigenvalue weighted by Gasteiger charge is 2.55. The second-order valence-corrected chi connectivity index (χ2v) is 9.17. The number of azide groups is 2. The Morgan fingerprint density at radius 1 is 0.846 bits per heavy atom. The van der Waals surface area contributed by atoms with Gasteiger partial charge in [0.25, 0.3) is 0 Å². The van der Waals surface area contributed by atoms with Gasteiger partial charge in [-0.3, -0.25) is 19.2 Å². The van der Waals surface area contributed by atoms with Crippen molar-refractivity contribution >= 4 is 35.6 Å². The maximum atomic E-state index is 11.9. The maximum Gasteiger partial charge on any atom is 0.303 e. The third-order valence-corrected chi connectivity index (χ3v) is 6.14. The average Bonchev–Trinajstić information content (AvgIpc) is 3.15. The number of hydrogen-bond acceptors (Lipinski definition) is 15. The van der Waals surface area contributed by atoms with Crippen molar-refractivity contribution in [2.45, 2.75) is 82.1 Å². The lowest BCUT2D eigenvalue weighted by molar-refractivity contribution is -0.285. The molecule has 39 heavy (non-hydrogen) atoms. The Morgan fingerprint density at radius 3 is 2.00 bits per heavy atom. The van der Waals surface area contributed by atoms with Crippen LogP contribution in [0.2, 0.25) is 0 Å². The van der Waals surface area contributed by atoms with Gasteiger partial charge in [-0.05, 0) is 11.1 Å². The highest BCUT2D eigenvalue weighted by molar-refractivity contribution is 7.99. The molecule has 0 bridgehead atoms. The van der Waals surface area contributed by atoms with E-state index in [-0.39, 0.29) is 6.61 Å². The zero-order valence-electron chi connectivity index (χ0n) is 21.3. The van der Waals surface area contributed by atoms with E-state index in [0.29, 0.717) is 0 Å². The van der Waals surface area contributed by atoms with Crippen LogP contribution in [-0.4, -0.2) is 102 Å². The van der Waals surface area contributed by atoms with E-state index in [1.165, 1.54) is 0 Å². The largest absolute Gasteiger partial charge is 0.463 e. The molecule has 0 aliphatic carbocycles. The lowest BCUT2D eigenvalue weighted by Crippen LogP contribution is -2.62. The molecule has 2 heterocycles. The monoisotopic (exact) mass is 576 g/mol. The molecule has 0 radical (unpaired) electrons. The first-order chi connectivity index (χ1) is 18.5. The molecule has 0 saturated carbocycles. The summed E-state index contributed by atoms with van der Waals surface area (Å²) >= 11 is 0.863. The van der Waals surface area contributed by atoms with Gasteiger partial charge < -0.3 is 38.3 Å². The van der Waals surface area contributed by atoms with Crippen LogP contribution in [0.5, 0.6) is 0 Å². The van der Waals surface area contributed by atoms with Gasteiger partial charge in [0.15, 0.2) is 24.6 Å². The van der Waals surface area contributed by atoms with Crippen molar-refractivity contribution in [1.82, 2.24) is 0 Å². The molecule has 18 nitrogen and oxygen atoms in total. The van der Waals surface area contributed by atoms with E-state index in [9.17, 15) is 29.8 Å². The van der Waals surface area contributed by atoms with Crippen LogP contribution < -0.4 is 0 Å². The molecule has 0 spiro atoms. The fourth-order valence-electron chi connectivity index (χ4n) is 3.98. The van der Waals surface area contributed by atoms with Gasteiger partial charge in [-0.15, -0.1) is 0 Å². The molecule has 19 heteroatoms. The number of nitrogens with zero attached hydrogens (tertiary/aromatic N) is 6. The molecule has 0 aromatic carbocycles. The van der Waals surface area contributed by atoms with Crippen molar-refractivity contribution in [3.05, 3.63) is 20.9 Å². The zero-order chi connectivity index (χ0) is 29.1. The Balaban J connectivity index is 2.53. The fourth-order valence-corrected chi connectivity index (χ4v) is 4.75. The Kier molecular flexibility index (Phi) is 12.5. The van der Waals surface area contributed by atoms with Gasteiger partial charge in [-0.2, -0.15) is 0 Å². The summed E-state index contributed by atoms with van der Waals surface area (Å²) in [7, 11) is 0. The van der Waals surface area contributed by atoms with Gasteiger partial charge in [0.05, 0.1) is 12.5 Å². The lowest BCUT2D eigenvalue weighted by Gasteiger charge is -2.44. The number of thioether (sulfide) groups is 1. The van der Waals surface area contributed by atoms with Gasteiger partial charge in [0.1, 0.15) is 36.4 Å². The summed E-state index contributed by atoms with van der Waals surface area (Å²) in [5.74, 6) is -3.42. The molecule has 0 amide bonds. The first-order valence-electron chi connectivity index (χ1n) is 11.4. The Labute approximate surface area is 225 Å². The van der Waals surface area contributed by atoms with E-state index in [1.54, 1.807) is 0 Å². The molecular formula is C20H28N6O12S. The molecule has 2 aliphatic heterocycles.